The standard InChI is InChI=1S/C58H96N6O8/c1-3-5-7-9-11-13-15-17-27-41-53(65)59-43-33-29-39-51(63-57(69)71-47-49-35-23-21-24-36-49)55(67)61-45-31-19-20-32-46-62-56(68)52(64-58(70)72-48-50-37-25-22-26-38-50)40-30-34-44-60-54(66)42-28-18-16-14-12-10-8-6-4-2/h21-26,35-38,51-52H,3-20,27-34,39-48H2,1-2H3,(H,59,65)(H,60,66)(H,61,67)(H,62,68)(H,63,69)(H,64,70)/t51-,52-/m0/s1. The SMILES string of the molecule is CCCCCCCCCCCC(=O)NCCCC[C@H](NC(=O)OCc1ccccc1)C(=O)NCCCCCCNC(=O)[C@H](CCCCNC(=O)CCCCCCCCCCC)NC(=O)OCc1ccccc1. The van der Waals surface area contributed by atoms with Crippen molar-refractivity contribution >= 4 is 35.8 Å². The summed E-state index contributed by atoms with van der Waals surface area (Å²) in [6, 6.07) is 17.1. The maximum atomic E-state index is 13.3. The smallest absolute Gasteiger partial charge is 0.408 e. The molecule has 2 atom stereocenters. The number of nitrogens with one attached hydrogen (secondary N) is 6. The molecule has 6 N–H and O–H groups in total. The van der Waals surface area contributed by atoms with E-state index in [-0.39, 0.29) is 36.8 Å². The number of hydrogen-bond donors (Lipinski definition) is 6. The van der Waals surface area contributed by atoms with Crippen LogP contribution in [0.4, 0.5) is 9.59 Å². The number of amides is 6. The average molecular weight is 1010 g/mol. The van der Waals surface area contributed by atoms with Crippen molar-refractivity contribution in [2.45, 2.75) is 232 Å². The number of hydrogen-bond acceptors (Lipinski definition) is 8. The molecule has 72 heavy (non-hydrogen) atoms. The van der Waals surface area contributed by atoms with Gasteiger partial charge in [0.1, 0.15) is 25.3 Å². The third kappa shape index (κ3) is 35.9. The van der Waals surface area contributed by atoms with Gasteiger partial charge in [-0.1, -0.05) is 190 Å². The molecule has 14 nitrogen and oxygen atoms in total. The van der Waals surface area contributed by atoms with Gasteiger partial charge < -0.3 is 41.4 Å². The summed E-state index contributed by atoms with van der Waals surface area (Å²) < 4.78 is 10.8. The zero-order valence-electron chi connectivity index (χ0n) is 44.7. The highest BCUT2D eigenvalue weighted by atomic mass is 16.6. The van der Waals surface area contributed by atoms with E-state index in [2.05, 4.69) is 45.7 Å². The van der Waals surface area contributed by atoms with Gasteiger partial charge in [-0.25, -0.2) is 9.59 Å². The highest BCUT2D eigenvalue weighted by molar-refractivity contribution is 5.86. The first-order chi connectivity index (χ1) is 35.2. The fourth-order valence-electron chi connectivity index (χ4n) is 8.40. The summed E-state index contributed by atoms with van der Waals surface area (Å²) in [7, 11) is 0. The van der Waals surface area contributed by atoms with Gasteiger partial charge in [-0.3, -0.25) is 19.2 Å². The van der Waals surface area contributed by atoms with Crippen LogP contribution in [0.25, 0.3) is 0 Å². The molecule has 0 bridgehead atoms. The molecule has 0 aromatic heterocycles. The van der Waals surface area contributed by atoms with Gasteiger partial charge in [0.25, 0.3) is 0 Å². The second-order valence-electron chi connectivity index (χ2n) is 19.4. The lowest BCUT2D eigenvalue weighted by molar-refractivity contribution is -0.124. The minimum absolute atomic E-state index is 0.0548. The topological polar surface area (TPSA) is 193 Å². The van der Waals surface area contributed by atoms with Crippen molar-refractivity contribution in [3.05, 3.63) is 71.8 Å². The number of alkyl carbamates (subject to hydrolysis) is 2. The quantitative estimate of drug-likeness (QED) is 0.0353. The van der Waals surface area contributed by atoms with Crippen LogP contribution in [-0.2, 0) is 41.9 Å². The van der Waals surface area contributed by atoms with Crippen molar-refractivity contribution < 1.29 is 38.2 Å². The molecule has 2 aromatic carbocycles. The molecule has 0 saturated carbocycles. The van der Waals surface area contributed by atoms with E-state index in [9.17, 15) is 28.8 Å². The zero-order valence-corrected chi connectivity index (χ0v) is 44.7. The molecule has 406 valence electrons. The van der Waals surface area contributed by atoms with E-state index in [1.165, 1.54) is 89.9 Å². The summed E-state index contributed by atoms with van der Waals surface area (Å²) in [5.74, 6) is -0.463. The lowest BCUT2D eigenvalue weighted by Gasteiger charge is -2.19. The maximum absolute atomic E-state index is 13.3. The van der Waals surface area contributed by atoms with Crippen molar-refractivity contribution in [2.75, 3.05) is 26.2 Å². The number of carbonyl (C=O) groups is 6. The van der Waals surface area contributed by atoms with Crippen LogP contribution >= 0.6 is 0 Å². The van der Waals surface area contributed by atoms with Crippen molar-refractivity contribution in [1.82, 2.24) is 31.9 Å². The van der Waals surface area contributed by atoms with Gasteiger partial charge in [-0.05, 0) is 75.3 Å². The monoisotopic (exact) mass is 1000 g/mol. The van der Waals surface area contributed by atoms with E-state index in [4.69, 9.17) is 9.47 Å². The third-order valence-corrected chi connectivity index (χ3v) is 12.8. The minimum atomic E-state index is -0.786. The van der Waals surface area contributed by atoms with Gasteiger partial charge in [0.05, 0.1) is 0 Å². The maximum Gasteiger partial charge on any atom is 0.408 e. The molecule has 0 radical (unpaired) electrons. The second kappa shape index (κ2) is 44.6. The Morgan fingerprint density at radius 3 is 1.04 bits per heavy atom. The second-order valence-corrected chi connectivity index (χ2v) is 19.4. The largest absolute Gasteiger partial charge is 0.445 e. The van der Waals surface area contributed by atoms with Crippen molar-refractivity contribution in [3.63, 3.8) is 0 Å². The molecule has 14 heteroatoms. The van der Waals surface area contributed by atoms with Crippen molar-refractivity contribution in [2.24, 2.45) is 0 Å². The molecule has 0 heterocycles. The van der Waals surface area contributed by atoms with Crippen molar-refractivity contribution in [1.29, 1.82) is 0 Å². The van der Waals surface area contributed by atoms with Gasteiger partial charge in [0, 0.05) is 39.0 Å². The Bertz CT molecular complexity index is 1580. The van der Waals surface area contributed by atoms with Crippen LogP contribution in [0.1, 0.15) is 218 Å². The molecule has 0 fully saturated rings. The molecular weight excluding hydrogens is 909 g/mol. The van der Waals surface area contributed by atoms with E-state index in [1.54, 1.807) is 0 Å². The Balaban J connectivity index is 1.72. The molecule has 0 aliphatic rings. The van der Waals surface area contributed by atoms with Gasteiger partial charge in [0.15, 0.2) is 0 Å². The van der Waals surface area contributed by atoms with E-state index >= 15 is 0 Å². The molecular formula is C58H96N6O8. The van der Waals surface area contributed by atoms with Crippen LogP contribution < -0.4 is 31.9 Å². The van der Waals surface area contributed by atoms with Crippen LogP contribution in [0.2, 0.25) is 0 Å². The Hall–Kier alpha value is -5.14. The Morgan fingerprint density at radius 1 is 0.375 bits per heavy atom. The first-order valence-electron chi connectivity index (χ1n) is 28.2. The molecule has 6 amide bonds. The predicted molar refractivity (Wildman–Crippen MR) is 289 cm³/mol. The molecule has 0 aliphatic carbocycles. The Kier molecular flexibility index (Phi) is 39.0. The van der Waals surface area contributed by atoms with E-state index in [1.807, 2.05) is 60.7 Å². The fourth-order valence-corrected chi connectivity index (χ4v) is 8.40. The number of carbonyl (C=O) groups excluding carboxylic acids is 6. The summed E-state index contributed by atoms with van der Waals surface area (Å²) >= 11 is 0. The first kappa shape index (κ1) is 63.0. The Morgan fingerprint density at radius 2 is 0.681 bits per heavy atom. The predicted octanol–water partition coefficient (Wildman–Crippen LogP) is 11.8. The molecule has 0 saturated heterocycles. The van der Waals surface area contributed by atoms with Gasteiger partial charge >= 0.3 is 12.2 Å². The van der Waals surface area contributed by atoms with Gasteiger partial charge in [-0.2, -0.15) is 0 Å². The van der Waals surface area contributed by atoms with Crippen LogP contribution in [0.3, 0.4) is 0 Å². The number of rotatable bonds is 45. The lowest BCUT2D eigenvalue weighted by atomic mass is 10.1. The first-order valence-corrected chi connectivity index (χ1v) is 28.2. The summed E-state index contributed by atoms with van der Waals surface area (Å²) in [6.07, 6.45) is 27.9. The average Bonchev–Trinajstić information content (AvgIpc) is 3.39. The van der Waals surface area contributed by atoms with Crippen LogP contribution in [0.5, 0.6) is 0 Å². The van der Waals surface area contributed by atoms with Crippen molar-refractivity contribution in [3.8, 4) is 0 Å². The number of ether oxygens (including phenoxy) is 2. The minimum Gasteiger partial charge on any atom is -0.445 e. The number of unbranched alkanes of at least 4 members (excludes halogenated alkanes) is 21. The third-order valence-electron chi connectivity index (χ3n) is 12.8. The highest BCUT2D eigenvalue weighted by Crippen LogP contribution is 2.13. The molecule has 0 spiro atoms. The van der Waals surface area contributed by atoms with E-state index in [0.29, 0.717) is 90.4 Å². The summed E-state index contributed by atoms with van der Waals surface area (Å²) in [6.45, 7) is 6.52. The summed E-state index contributed by atoms with van der Waals surface area (Å²) in [5.41, 5.74) is 1.69. The fraction of sp³-hybridized carbons (Fsp3) is 0.690. The molecule has 2 rings (SSSR count). The summed E-state index contributed by atoms with van der Waals surface area (Å²) in [4.78, 5) is 77.0. The van der Waals surface area contributed by atoms with Crippen LogP contribution in [0.15, 0.2) is 60.7 Å². The molecule has 2 aromatic rings. The van der Waals surface area contributed by atoms with Gasteiger partial charge in [-0.15, -0.1) is 0 Å². The normalized spacial score (nSPS) is 11.8. The molecule has 0 unspecified atom stereocenters. The number of benzene rings is 2. The summed E-state index contributed by atoms with van der Waals surface area (Å²) in [5, 5.41) is 17.4. The van der Waals surface area contributed by atoms with E-state index < -0.39 is 24.3 Å². The van der Waals surface area contributed by atoms with E-state index in [0.717, 1.165) is 49.7 Å². The lowest BCUT2D eigenvalue weighted by Crippen LogP contribution is -2.47. The highest BCUT2D eigenvalue weighted by Gasteiger charge is 2.22. The zero-order chi connectivity index (χ0) is 52.0. The Labute approximate surface area is 434 Å². The van der Waals surface area contributed by atoms with Crippen LogP contribution in [-0.4, -0.2) is 74.1 Å². The van der Waals surface area contributed by atoms with Gasteiger partial charge in [0.2, 0.25) is 23.6 Å². The van der Waals surface area contributed by atoms with Crippen LogP contribution in [0, 0.1) is 0 Å². The molecule has 0 aliphatic heterocycles.